The molecule has 0 radical (unpaired) electrons. The SMILES string of the molecule is CCOc1ccc([C@@H]2[C@H](N=[N+]=[N-])C(=O)N2c2ccc([N+](=O)[O-])cc2)cc1. The van der Waals surface area contributed by atoms with E-state index in [1.54, 1.807) is 24.3 Å². The summed E-state index contributed by atoms with van der Waals surface area (Å²) in [5.41, 5.74) is 9.97. The van der Waals surface area contributed by atoms with Gasteiger partial charge in [-0.25, -0.2) is 0 Å². The summed E-state index contributed by atoms with van der Waals surface area (Å²) >= 11 is 0. The Morgan fingerprint density at radius 3 is 2.42 bits per heavy atom. The van der Waals surface area contributed by atoms with Crippen LogP contribution in [-0.2, 0) is 4.79 Å². The molecule has 2 aromatic rings. The highest BCUT2D eigenvalue weighted by atomic mass is 16.6. The largest absolute Gasteiger partial charge is 0.494 e. The molecule has 1 heterocycles. The maximum absolute atomic E-state index is 12.4. The Morgan fingerprint density at radius 2 is 1.88 bits per heavy atom. The van der Waals surface area contributed by atoms with Crippen molar-refractivity contribution in [3.63, 3.8) is 0 Å². The van der Waals surface area contributed by atoms with E-state index in [1.165, 1.54) is 29.2 Å². The zero-order valence-corrected chi connectivity index (χ0v) is 13.8. The molecule has 3 rings (SSSR count). The number of hydrogen-bond acceptors (Lipinski definition) is 5. The molecule has 0 saturated carbocycles. The van der Waals surface area contributed by atoms with Gasteiger partial charge < -0.3 is 9.64 Å². The summed E-state index contributed by atoms with van der Waals surface area (Å²) in [5, 5.41) is 14.4. The second-order valence-electron chi connectivity index (χ2n) is 5.58. The molecule has 1 amide bonds. The number of carbonyl (C=O) groups excluding carboxylic acids is 1. The van der Waals surface area contributed by atoms with Crippen LogP contribution in [0.4, 0.5) is 11.4 Å². The number of amides is 1. The number of anilines is 1. The van der Waals surface area contributed by atoms with Gasteiger partial charge in [0.25, 0.3) is 5.69 Å². The van der Waals surface area contributed by atoms with Crippen molar-refractivity contribution >= 4 is 17.3 Å². The number of nitro groups is 1. The maximum atomic E-state index is 12.4. The number of nitrogens with zero attached hydrogens (tertiary/aromatic N) is 5. The summed E-state index contributed by atoms with van der Waals surface area (Å²) in [6.45, 7) is 2.42. The molecule has 2 aromatic carbocycles. The first-order valence-corrected chi connectivity index (χ1v) is 7.91. The maximum Gasteiger partial charge on any atom is 0.269 e. The van der Waals surface area contributed by atoms with Crippen molar-refractivity contribution < 1.29 is 14.5 Å². The topological polar surface area (TPSA) is 121 Å². The molecule has 0 spiro atoms. The Morgan fingerprint density at radius 1 is 1.23 bits per heavy atom. The van der Waals surface area contributed by atoms with E-state index in [-0.39, 0.29) is 11.6 Å². The molecule has 132 valence electrons. The molecule has 9 heteroatoms. The van der Waals surface area contributed by atoms with Gasteiger partial charge in [-0.15, -0.1) is 0 Å². The van der Waals surface area contributed by atoms with Crippen molar-refractivity contribution in [1.82, 2.24) is 0 Å². The van der Waals surface area contributed by atoms with E-state index in [0.717, 1.165) is 5.56 Å². The fourth-order valence-electron chi connectivity index (χ4n) is 2.92. The van der Waals surface area contributed by atoms with Crippen LogP contribution in [0.5, 0.6) is 5.75 Å². The van der Waals surface area contributed by atoms with E-state index in [9.17, 15) is 14.9 Å². The highest BCUT2D eigenvalue weighted by molar-refractivity contribution is 6.06. The van der Waals surface area contributed by atoms with Crippen molar-refractivity contribution in [2.24, 2.45) is 5.11 Å². The highest BCUT2D eigenvalue weighted by Gasteiger charge is 2.48. The van der Waals surface area contributed by atoms with Crippen LogP contribution in [0.1, 0.15) is 18.5 Å². The number of ether oxygens (including phenoxy) is 1. The third kappa shape index (κ3) is 3.03. The Bertz CT molecular complexity index is 875. The first kappa shape index (κ1) is 17.2. The molecule has 26 heavy (non-hydrogen) atoms. The van der Waals surface area contributed by atoms with Gasteiger partial charge in [-0.1, -0.05) is 17.2 Å². The molecule has 1 aliphatic rings. The predicted molar refractivity (Wildman–Crippen MR) is 93.9 cm³/mol. The number of azide groups is 1. The van der Waals surface area contributed by atoms with E-state index in [2.05, 4.69) is 10.0 Å². The standard InChI is InChI=1S/C17H15N5O4/c1-2-26-14-9-3-11(4-10-14)16-15(19-20-18)17(23)21(16)12-5-7-13(8-6-12)22(24)25/h3-10,15-16H,2H2,1H3/t15-,16+/m0/s1. The van der Waals surface area contributed by atoms with E-state index in [1.807, 2.05) is 6.92 Å². The van der Waals surface area contributed by atoms with Crippen LogP contribution in [0.25, 0.3) is 10.4 Å². The molecule has 0 bridgehead atoms. The second-order valence-corrected chi connectivity index (χ2v) is 5.58. The van der Waals surface area contributed by atoms with Crippen molar-refractivity contribution in [1.29, 1.82) is 0 Å². The van der Waals surface area contributed by atoms with Crippen LogP contribution in [0.2, 0.25) is 0 Å². The number of β-lactam (4-membered cyclic amide) rings is 1. The number of non-ortho nitro benzene ring substituents is 1. The van der Waals surface area contributed by atoms with Gasteiger partial charge in [-0.2, -0.15) is 0 Å². The van der Waals surface area contributed by atoms with E-state index < -0.39 is 17.0 Å². The van der Waals surface area contributed by atoms with Crippen LogP contribution >= 0.6 is 0 Å². The minimum atomic E-state index is -0.854. The lowest BCUT2D eigenvalue weighted by molar-refractivity contribution is -0.384. The molecule has 9 nitrogen and oxygen atoms in total. The monoisotopic (exact) mass is 353 g/mol. The van der Waals surface area contributed by atoms with Crippen molar-refractivity contribution in [2.45, 2.75) is 19.0 Å². The number of rotatable bonds is 6. The number of nitro benzene ring substituents is 1. The molecule has 0 N–H and O–H groups in total. The molecule has 2 atom stereocenters. The molecular weight excluding hydrogens is 338 g/mol. The Kier molecular flexibility index (Phi) is 4.72. The van der Waals surface area contributed by atoms with Gasteiger partial charge in [-0.3, -0.25) is 14.9 Å². The zero-order chi connectivity index (χ0) is 18.7. The van der Waals surface area contributed by atoms with Crippen molar-refractivity contribution in [3.05, 3.63) is 74.7 Å². The predicted octanol–water partition coefficient (Wildman–Crippen LogP) is 3.76. The summed E-state index contributed by atoms with van der Waals surface area (Å²) in [4.78, 5) is 26.9. The second kappa shape index (κ2) is 7.12. The number of hydrogen-bond donors (Lipinski definition) is 0. The van der Waals surface area contributed by atoms with Crippen LogP contribution in [0.15, 0.2) is 53.6 Å². The normalized spacial score (nSPS) is 18.7. The van der Waals surface area contributed by atoms with Crippen LogP contribution in [0, 0.1) is 10.1 Å². The fraction of sp³-hybridized carbons (Fsp3) is 0.235. The molecular formula is C17H15N5O4. The number of benzene rings is 2. The van der Waals surface area contributed by atoms with E-state index in [0.29, 0.717) is 18.0 Å². The lowest BCUT2D eigenvalue weighted by Gasteiger charge is -2.45. The molecule has 0 unspecified atom stereocenters. The van der Waals surface area contributed by atoms with Gasteiger partial charge >= 0.3 is 0 Å². The molecule has 0 aromatic heterocycles. The van der Waals surface area contributed by atoms with Crippen molar-refractivity contribution in [3.8, 4) is 5.75 Å². The van der Waals surface area contributed by atoms with Gasteiger partial charge in [-0.05, 0) is 42.3 Å². The Labute approximate surface area is 148 Å². The third-order valence-electron chi connectivity index (χ3n) is 4.12. The first-order valence-electron chi connectivity index (χ1n) is 7.91. The highest BCUT2D eigenvalue weighted by Crippen LogP contribution is 2.41. The van der Waals surface area contributed by atoms with Gasteiger partial charge in [0.1, 0.15) is 11.8 Å². The van der Waals surface area contributed by atoms with Gasteiger partial charge in [0.2, 0.25) is 5.91 Å². The number of carbonyl (C=O) groups is 1. The minimum Gasteiger partial charge on any atom is -0.494 e. The van der Waals surface area contributed by atoms with E-state index in [4.69, 9.17) is 10.3 Å². The molecule has 0 aliphatic carbocycles. The zero-order valence-electron chi connectivity index (χ0n) is 13.8. The van der Waals surface area contributed by atoms with Crippen LogP contribution < -0.4 is 9.64 Å². The minimum absolute atomic E-state index is 0.0639. The van der Waals surface area contributed by atoms with E-state index >= 15 is 0 Å². The summed E-state index contributed by atoms with van der Waals surface area (Å²) in [6.07, 6.45) is 0. The molecule has 1 saturated heterocycles. The van der Waals surface area contributed by atoms with Crippen LogP contribution in [0.3, 0.4) is 0 Å². The summed E-state index contributed by atoms with van der Waals surface area (Å²) in [6, 6.07) is 11.5. The summed E-state index contributed by atoms with van der Waals surface area (Å²) in [7, 11) is 0. The first-order chi connectivity index (χ1) is 12.6. The fourth-order valence-corrected chi connectivity index (χ4v) is 2.92. The average Bonchev–Trinajstić information content (AvgIpc) is 2.65. The molecule has 1 aliphatic heterocycles. The smallest absolute Gasteiger partial charge is 0.269 e. The average molecular weight is 353 g/mol. The quantitative estimate of drug-likeness (QED) is 0.196. The van der Waals surface area contributed by atoms with Crippen LogP contribution in [-0.4, -0.2) is 23.5 Å². The third-order valence-corrected chi connectivity index (χ3v) is 4.12. The Hall–Kier alpha value is -3.58. The lowest BCUT2D eigenvalue weighted by Crippen LogP contribution is -2.58. The van der Waals surface area contributed by atoms with Crippen molar-refractivity contribution in [2.75, 3.05) is 11.5 Å². The Balaban J connectivity index is 1.93. The molecule has 1 fully saturated rings. The summed E-state index contributed by atoms with van der Waals surface area (Å²) in [5.74, 6) is 0.347. The van der Waals surface area contributed by atoms with Gasteiger partial charge in [0, 0.05) is 22.7 Å². The van der Waals surface area contributed by atoms with Gasteiger partial charge in [0.15, 0.2) is 0 Å². The van der Waals surface area contributed by atoms with Gasteiger partial charge in [0.05, 0.1) is 17.6 Å². The lowest BCUT2D eigenvalue weighted by atomic mass is 9.88. The summed E-state index contributed by atoms with van der Waals surface area (Å²) < 4.78 is 5.41.